The Morgan fingerprint density at radius 2 is 1.17 bits per heavy atom. The Labute approximate surface area is 94.6 Å². The van der Waals surface area contributed by atoms with Crippen molar-refractivity contribution in [2.45, 2.75) is 49.5 Å². The summed E-state index contributed by atoms with van der Waals surface area (Å²) in [5.74, 6) is 2.07. The predicted molar refractivity (Wildman–Crippen MR) is 60.0 cm³/mol. The van der Waals surface area contributed by atoms with Gasteiger partial charge in [-0.2, -0.15) is 0 Å². The second-order valence-corrected chi connectivity index (χ2v) is 15.9. The molecule has 0 aromatic carbocycles. The molecule has 2 atom stereocenters. The summed E-state index contributed by atoms with van der Waals surface area (Å²) in [5.41, 5.74) is 0. The summed E-state index contributed by atoms with van der Waals surface area (Å²) in [6.45, 7) is 9.49. The van der Waals surface area contributed by atoms with Gasteiger partial charge in [-0.1, -0.05) is 0 Å². The van der Waals surface area contributed by atoms with Crippen molar-refractivity contribution in [1.29, 1.82) is 0 Å². The average Bonchev–Trinajstić information content (AvgIpc) is 2.11. The van der Waals surface area contributed by atoms with Crippen molar-refractivity contribution in [3.63, 3.8) is 0 Å². The average molecular weight is 397 g/mol. The molecule has 0 rings (SSSR count). The Bertz CT molecular complexity index is 81.8. The molecule has 0 amide bonds. The molecule has 0 bridgehead atoms. The van der Waals surface area contributed by atoms with E-state index in [-0.39, 0.29) is 0 Å². The van der Waals surface area contributed by atoms with Crippen LogP contribution in [0.4, 0.5) is 0 Å². The maximum atomic E-state index is 2.42. The van der Waals surface area contributed by atoms with Crippen LogP contribution in [0.15, 0.2) is 0 Å². The van der Waals surface area contributed by atoms with Gasteiger partial charge in [0.05, 0.1) is 0 Å². The van der Waals surface area contributed by atoms with E-state index in [0.717, 1.165) is 11.8 Å². The van der Waals surface area contributed by atoms with Crippen molar-refractivity contribution >= 4 is 34.1 Å². The fraction of sp³-hybridized carbons (Fsp3) is 1.00. The topological polar surface area (TPSA) is 0 Å². The third-order valence-electron chi connectivity index (χ3n) is 2.18. The van der Waals surface area contributed by atoms with Crippen LogP contribution in [0.3, 0.4) is 0 Å². The van der Waals surface area contributed by atoms with E-state index in [2.05, 4.69) is 27.7 Å². The van der Waals surface area contributed by atoms with Crippen molar-refractivity contribution in [2.24, 2.45) is 11.8 Å². The fourth-order valence-corrected chi connectivity index (χ4v) is 16.4. The van der Waals surface area contributed by atoms with Crippen LogP contribution in [0, 0.1) is 11.8 Å². The second-order valence-electron chi connectivity index (χ2n) is 3.60. The molecule has 0 aliphatic carbocycles. The fourth-order valence-electron chi connectivity index (χ4n) is 0.564. The molecule has 0 heterocycles. The summed E-state index contributed by atoms with van der Waals surface area (Å²) in [6.07, 6.45) is 2.81. The molecule has 12 heavy (non-hydrogen) atoms. The van der Waals surface area contributed by atoms with Gasteiger partial charge >= 0.3 is 95.4 Å². The van der Waals surface area contributed by atoms with Gasteiger partial charge in [0, 0.05) is 0 Å². The Kier molecular flexibility index (Phi) is 10.4. The van der Waals surface area contributed by atoms with Crippen LogP contribution in [0.2, 0.25) is 8.94 Å². The van der Waals surface area contributed by atoms with Crippen LogP contribution >= 0.6 is 0 Å². The van der Waals surface area contributed by atoms with Gasteiger partial charge in [0.15, 0.2) is 0 Å². The Hall–Kier alpha value is 1.58. The maximum absolute atomic E-state index is 2.42. The van der Waals surface area contributed by atoms with E-state index in [9.17, 15) is 0 Å². The van der Waals surface area contributed by atoms with E-state index in [0.29, 0.717) is 34.1 Å². The first-order chi connectivity index (χ1) is 5.70. The molecule has 0 aliphatic heterocycles. The molecule has 0 fully saturated rings. The van der Waals surface area contributed by atoms with E-state index in [1.54, 1.807) is 8.94 Å². The zero-order valence-corrected chi connectivity index (χ0v) is 13.5. The molecule has 0 spiro atoms. The zero-order chi connectivity index (χ0) is 9.40. The minimum atomic E-state index is 0.504. The first-order valence-electron chi connectivity index (χ1n) is 4.95. The molecule has 74 valence electrons. The Balaban J connectivity index is 3.10. The standard InChI is InChI=1S/C10H22Te2/c1-5-9(3)7-11-12-8-10(4)6-2/h9-10H,5-8H2,1-4H3. The SMILES string of the molecule is CCC(C)C[Te][Te]CC(C)CC. The van der Waals surface area contributed by atoms with Gasteiger partial charge in [0.1, 0.15) is 0 Å². The summed E-state index contributed by atoms with van der Waals surface area (Å²) in [5, 5.41) is 0. The van der Waals surface area contributed by atoms with Gasteiger partial charge in [0.2, 0.25) is 0 Å². The monoisotopic (exact) mass is 402 g/mol. The molecule has 0 saturated heterocycles. The Morgan fingerprint density at radius 3 is 1.42 bits per heavy atom. The van der Waals surface area contributed by atoms with E-state index in [4.69, 9.17) is 0 Å². The molecule has 0 aliphatic rings. The van der Waals surface area contributed by atoms with Crippen LogP contribution in [0.5, 0.6) is 0 Å². The first kappa shape index (κ1) is 13.6. The number of hydrogen-bond donors (Lipinski definition) is 0. The number of hydrogen-bond acceptors (Lipinski definition) is 0. The zero-order valence-electron chi connectivity index (χ0n) is 8.80. The molecule has 0 aromatic heterocycles. The van der Waals surface area contributed by atoms with Crippen molar-refractivity contribution in [3.05, 3.63) is 0 Å². The van der Waals surface area contributed by atoms with Gasteiger partial charge in [0.25, 0.3) is 0 Å². The quantitative estimate of drug-likeness (QED) is 0.457. The third-order valence-corrected chi connectivity index (χ3v) is 15.1. The van der Waals surface area contributed by atoms with Crippen LogP contribution < -0.4 is 0 Å². The van der Waals surface area contributed by atoms with Crippen molar-refractivity contribution in [3.8, 4) is 0 Å². The summed E-state index contributed by atoms with van der Waals surface area (Å²) >= 11 is 1.01. The van der Waals surface area contributed by atoms with Crippen LogP contribution in [0.25, 0.3) is 0 Å². The second kappa shape index (κ2) is 9.15. The molecule has 2 unspecified atom stereocenters. The Morgan fingerprint density at radius 1 is 0.833 bits per heavy atom. The van der Waals surface area contributed by atoms with Crippen molar-refractivity contribution in [1.82, 2.24) is 0 Å². The molecule has 2 heteroatoms. The third kappa shape index (κ3) is 8.19. The van der Waals surface area contributed by atoms with Gasteiger partial charge < -0.3 is 0 Å². The van der Waals surface area contributed by atoms with Crippen molar-refractivity contribution in [2.75, 3.05) is 0 Å². The van der Waals surface area contributed by atoms with E-state index < -0.39 is 0 Å². The van der Waals surface area contributed by atoms with Gasteiger partial charge in [-0.05, 0) is 0 Å². The van der Waals surface area contributed by atoms with E-state index in [1.807, 2.05) is 0 Å². The minimum absolute atomic E-state index is 0.504. The first-order valence-corrected chi connectivity index (χ1v) is 15.6. The number of rotatable bonds is 7. The molecule has 0 aromatic rings. The van der Waals surface area contributed by atoms with Crippen LogP contribution in [-0.2, 0) is 0 Å². The van der Waals surface area contributed by atoms with Crippen LogP contribution in [0.1, 0.15) is 40.5 Å². The molecule has 0 N–H and O–H groups in total. The van der Waals surface area contributed by atoms with Crippen LogP contribution in [-0.4, -0.2) is 34.1 Å². The molecule has 0 nitrogen and oxygen atoms in total. The normalized spacial score (nSPS) is 16.0. The summed E-state index contributed by atoms with van der Waals surface area (Å²) in [6, 6.07) is 0. The van der Waals surface area contributed by atoms with Gasteiger partial charge in [-0.3, -0.25) is 0 Å². The summed E-state index contributed by atoms with van der Waals surface area (Å²) < 4.78 is 3.25. The summed E-state index contributed by atoms with van der Waals surface area (Å²) in [4.78, 5) is 0. The van der Waals surface area contributed by atoms with Crippen molar-refractivity contribution < 1.29 is 0 Å². The molecule has 0 radical (unpaired) electrons. The molecular formula is C10H22Te2. The van der Waals surface area contributed by atoms with E-state index >= 15 is 0 Å². The predicted octanol–water partition coefficient (Wildman–Crippen LogP) is 3.24. The van der Waals surface area contributed by atoms with Gasteiger partial charge in [-0.15, -0.1) is 0 Å². The molecule has 0 saturated carbocycles. The van der Waals surface area contributed by atoms with Gasteiger partial charge in [-0.25, -0.2) is 0 Å². The summed E-state index contributed by atoms with van der Waals surface area (Å²) in [7, 11) is 0. The van der Waals surface area contributed by atoms with E-state index in [1.165, 1.54) is 12.8 Å². The molecular weight excluding hydrogens is 375 g/mol.